The van der Waals surface area contributed by atoms with E-state index in [0.29, 0.717) is 11.0 Å². The van der Waals surface area contributed by atoms with Crippen LogP contribution in [0.25, 0.3) is 11.0 Å². The van der Waals surface area contributed by atoms with E-state index in [1.54, 1.807) is 24.3 Å². The van der Waals surface area contributed by atoms with Crippen LogP contribution >= 0.6 is 0 Å². The molecule has 0 aliphatic carbocycles. The van der Waals surface area contributed by atoms with E-state index in [-0.39, 0.29) is 36.9 Å². The Morgan fingerprint density at radius 2 is 1.96 bits per heavy atom. The minimum absolute atomic E-state index is 0.0429. The molecular weight excluding hydrogens is 331 g/mol. The second-order valence-corrected chi connectivity index (χ2v) is 5.59. The molecule has 2 aromatic heterocycles. The van der Waals surface area contributed by atoms with Crippen LogP contribution in [0.5, 0.6) is 0 Å². The second kappa shape index (κ2) is 7.38. The van der Waals surface area contributed by atoms with Crippen LogP contribution in [0.15, 0.2) is 48.7 Å². The number of rotatable bonds is 6. The van der Waals surface area contributed by atoms with E-state index < -0.39 is 6.43 Å². The number of aromatic nitrogens is 2. The molecule has 0 aliphatic rings. The van der Waals surface area contributed by atoms with Crippen LogP contribution in [0.1, 0.15) is 24.1 Å². The number of nitrogens with one attached hydrogen (secondary N) is 1. The van der Waals surface area contributed by atoms with Gasteiger partial charge in [0.15, 0.2) is 0 Å². The highest BCUT2D eigenvalue weighted by atomic mass is 19.3. The maximum Gasteiger partial charge on any atom is 0.278 e. The van der Waals surface area contributed by atoms with Crippen LogP contribution in [-0.2, 0) is 17.9 Å². The van der Waals surface area contributed by atoms with E-state index in [1.807, 2.05) is 0 Å². The number of fused-ring (bicyclic) bond motifs is 1. The van der Waals surface area contributed by atoms with E-state index in [0.717, 1.165) is 5.56 Å². The Morgan fingerprint density at radius 3 is 2.68 bits per heavy atom. The second-order valence-electron chi connectivity index (χ2n) is 5.59. The van der Waals surface area contributed by atoms with Crippen molar-refractivity contribution >= 4 is 16.9 Å². The third kappa shape index (κ3) is 3.99. The number of carbonyl (C=O) groups excluding carboxylic acids is 1. The molecule has 0 aliphatic heterocycles. The van der Waals surface area contributed by atoms with Gasteiger partial charge in [0.2, 0.25) is 5.91 Å². The number of aryl methyl sites for hydroxylation is 1. The zero-order valence-corrected chi connectivity index (χ0v) is 13.3. The molecule has 25 heavy (non-hydrogen) atoms. The lowest BCUT2D eigenvalue weighted by atomic mass is 10.2. The fourth-order valence-electron chi connectivity index (χ4n) is 2.63. The Labute approximate surface area is 142 Å². The van der Waals surface area contributed by atoms with E-state index in [2.05, 4.69) is 10.3 Å². The van der Waals surface area contributed by atoms with E-state index in [9.17, 15) is 18.0 Å². The molecule has 0 spiro atoms. The number of amides is 1. The number of hydrogen-bond acceptors (Lipinski definition) is 2. The van der Waals surface area contributed by atoms with Crippen LogP contribution < -0.4 is 5.32 Å². The van der Waals surface area contributed by atoms with Gasteiger partial charge in [0.05, 0.1) is 5.69 Å². The van der Waals surface area contributed by atoms with Crippen LogP contribution in [-0.4, -0.2) is 15.5 Å². The van der Waals surface area contributed by atoms with Gasteiger partial charge in [-0.25, -0.2) is 18.2 Å². The molecule has 0 unspecified atom stereocenters. The van der Waals surface area contributed by atoms with Gasteiger partial charge in [-0.15, -0.1) is 0 Å². The number of nitrogens with zero attached hydrogens (tertiary/aromatic N) is 2. The smallest absolute Gasteiger partial charge is 0.278 e. The predicted octanol–water partition coefficient (Wildman–Crippen LogP) is 3.82. The molecule has 0 saturated carbocycles. The average Bonchev–Trinajstić information content (AvgIpc) is 2.98. The highest BCUT2D eigenvalue weighted by molar-refractivity contribution is 5.78. The first-order chi connectivity index (χ1) is 12.0. The molecule has 130 valence electrons. The summed E-state index contributed by atoms with van der Waals surface area (Å²) in [5.74, 6) is -0.621. The molecule has 3 aromatic rings. The molecule has 0 fully saturated rings. The Morgan fingerprint density at radius 1 is 1.20 bits per heavy atom. The molecule has 0 radical (unpaired) electrons. The van der Waals surface area contributed by atoms with Gasteiger partial charge < -0.3 is 9.88 Å². The van der Waals surface area contributed by atoms with Crippen molar-refractivity contribution in [1.29, 1.82) is 0 Å². The lowest BCUT2D eigenvalue weighted by Crippen LogP contribution is -2.24. The molecule has 0 saturated heterocycles. The summed E-state index contributed by atoms with van der Waals surface area (Å²) in [4.78, 5) is 16.1. The first kappa shape index (κ1) is 17.0. The van der Waals surface area contributed by atoms with E-state index in [1.165, 1.54) is 29.0 Å². The van der Waals surface area contributed by atoms with Crippen molar-refractivity contribution in [2.45, 2.75) is 25.9 Å². The number of hydrogen-bond donors (Lipinski definition) is 1. The number of pyridine rings is 1. The summed E-state index contributed by atoms with van der Waals surface area (Å²) in [6.45, 7) is 0.362. The fraction of sp³-hybridized carbons (Fsp3) is 0.222. The van der Waals surface area contributed by atoms with Gasteiger partial charge in [-0.05, 0) is 35.9 Å². The normalized spacial score (nSPS) is 11.2. The third-order valence-electron chi connectivity index (χ3n) is 3.88. The Bertz CT molecular complexity index is 875. The Hall–Kier alpha value is -2.83. The lowest BCUT2D eigenvalue weighted by Gasteiger charge is -2.10. The first-order valence-corrected chi connectivity index (χ1v) is 7.78. The van der Waals surface area contributed by atoms with Crippen LogP contribution in [0.2, 0.25) is 0 Å². The summed E-state index contributed by atoms with van der Waals surface area (Å²) >= 11 is 0. The molecule has 2 heterocycles. The number of halogens is 3. The summed E-state index contributed by atoms with van der Waals surface area (Å²) in [6.07, 6.45) is -1.07. The van der Waals surface area contributed by atoms with Crippen LogP contribution in [0.4, 0.5) is 13.2 Å². The quantitative estimate of drug-likeness (QED) is 0.737. The van der Waals surface area contributed by atoms with Crippen LogP contribution in [0.3, 0.4) is 0 Å². The molecule has 3 rings (SSSR count). The van der Waals surface area contributed by atoms with Crippen molar-refractivity contribution in [2.75, 3.05) is 0 Å². The van der Waals surface area contributed by atoms with Gasteiger partial charge in [-0.2, -0.15) is 0 Å². The zero-order chi connectivity index (χ0) is 17.8. The molecular formula is C18H16F3N3O. The van der Waals surface area contributed by atoms with Gasteiger partial charge in [0, 0.05) is 31.1 Å². The third-order valence-corrected chi connectivity index (χ3v) is 3.88. The van der Waals surface area contributed by atoms with E-state index in [4.69, 9.17) is 0 Å². The van der Waals surface area contributed by atoms with Gasteiger partial charge >= 0.3 is 0 Å². The first-order valence-electron chi connectivity index (χ1n) is 7.78. The van der Waals surface area contributed by atoms with Gasteiger partial charge in [0.25, 0.3) is 6.43 Å². The lowest BCUT2D eigenvalue weighted by molar-refractivity contribution is -0.121. The standard InChI is InChI=1S/C18H16F3N3O/c19-14-5-3-12(4-6-14)11-23-16(25)7-9-24-15(17(20)21)10-13-2-1-8-22-18(13)24/h1-6,8,10,17H,7,9,11H2,(H,23,25). The maximum atomic E-state index is 13.2. The van der Waals surface area contributed by atoms with E-state index >= 15 is 0 Å². The SMILES string of the molecule is O=C(CCn1c(C(F)F)cc2cccnc21)NCc1ccc(F)cc1. The molecule has 0 bridgehead atoms. The largest absolute Gasteiger partial charge is 0.352 e. The summed E-state index contributed by atoms with van der Waals surface area (Å²) < 4.78 is 40.6. The fourth-order valence-corrected chi connectivity index (χ4v) is 2.63. The van der Waals surface area contributed by atoms with Crippen molar-refractivity contribution < 1.29 is 18.0 Å². The molecule has 1 N–H and O–H groups in total. The number of alkyl halides is 2. The molecule has 4 nitrogen and oxygen atoms in total. The number of carbonyl (C=O) groups is 1. The van der Waals surface area contributed by atoms with Crippen molar-refractivity contribution in [1.82, 2.24) is 14.9 Å². The van der Waals surface area contributed by atoms with Crippen molar-refractivity contribution in [3.63, 3.8) is 0 Å². The molecule has 0 atom stereocenters. The molecule has 1 aromatic carbocycles. The number of benzene rings is 1. The topological polar surface area (TPSA) is 46.9 Å². The summed E-state index contributed by atoms with van der Waals surface area (Å²) in [5.41, 5.74) is 1.04. The van der Waals surface area contributed by atoms with Gasteiger partial charge in [-0.3, -0.25) is 4.79 Å². The van der Waals surface area contributed by atoms with Gasteiger partial charge in [0.1, 0.15) is 11.5 Å². The van der Waals surface area contributed by atoms with Crippen molar-refractivity contribution in [3.05, 3.63) is 65.7 Å². The monoisotopic (exact) mass is 347 g/mol. The summed E-state index contributed by atoms with van der Waals surface area (Å²) in [7, 11) is 0. The van der Waals surface area contributed by atoms with Crippen molar-refractivity contribution in [3.8, 4) is 0 Å². The summed E-state index contributed by atoms with van der Waals surface area (Å²) in [6, 6.07) is 10.6. The average molecular weight is 347 g/mol. The maximum absolute atomic E-state index is 13.2. The summed E-state index contributed by atoms with van der Waals surface area (Å²) in [5, 5.41) is 3.31. The van der Waals surface area contributed by atoms with Gasteiger partial charge in [-0.1, -0.05) is 12.1 Å². The van der Waals surface area contributed by atoms with Crippen molar-refractivity contribution in [2.24, 2.45) is 0 Å². The molecule has 7 heteroatoms. The highest BCUT2D eigenvalue weighted by Crippen LogP contribution is 2.26. The minimum atomic E-state index is -2.64. The highest BCUT2D eigenvalue weighted by Gasteiger charge is 2.18. The predicted molar refractivity (Wildman–Crippen MR) is 87.6 cm³/mol. The minimum Gasteiger partial charge on any atom is -0.352 e. The Kier molecular flexibility index (Phi) is 5.02. The molecule has 1 amide bonds. The zero-order valence-electron chi connectivity index (χ0n) is 13.3. The van der Waals surface area contributed by atoms with Crippen LogP contribution in [0, 0.1) is 5.82 Å². The Balaban J connectivity index is 1.64.